The third-order valence-corrected chi connectivity index (χ3v) is 2.63. The molecule has 18 heavy (non-hydrogen) atoms. The first-order chi connectivity index (χ1) is 8.58. The number of nitrogen functional groups attached to an aromatic ring is 1. The van der Waals surface area contributed by atoms with Crippen LogP contribution in [0.2, 0.25) is 0 Å². The monoisotopic (exact) mass is 251 g/mol. The van der Waals surface area contributed by atoms with Gasteiger partial charge in [-0.15, -0.1) is 0 Å². The Balaban J connectivity index is 2.61. The van der Waals surface area contributed by atoms with Crippen molar-refractivity contribution in [1.82, 2.24) is 5.16 Å². The summed E-state index contributed by atoms with van der Waals surface area (Å²) in [5, 5.41) is 14.9. The molecule has 0 saturated carbocycles. The molecular formula is C11H13N3O4. The van der Waals surface area contributed by atoms with Crippen molar-refractivity contribution in [3.8, 4) is 22.8 Å². The first-order valence-corrected chi connectivity index (χ1v) is 5.16. The maximum atomic E-state index is 11.2. The number of hydrogen-bond acceptors (Lipinski definition) is 6. The van der Waals surface area contributed by atoms with E-state index in [-0.39, 0.29) is 0 Å². The Morgan fingerprint density at radius 1 is 1.28 bits per heavy atom. The van der Waals surface area contributed by atoms with Crippen LogP contribution in [-0.4, -0.2) is 19.4 Å². The molecule has 7 heteroatoms. The van der Waals surface area contributed by atoms with E-state index in [0.29, 0.717) is 39.0 Å². The van der Waals surface area contributed by atoms with E-state index in [1.807, 2.05) is 0 Å². The summed E-state index contributed by atoms with van der Waals surface area (Å²) in [5.74, 6) is 1.01. The molecule has 1 heterocycles. The van der Waals surface area contributed by atoms with E-state index < -0.39 is 0 Å². The molecule has 2 aromatic rings. The largest absolute Gasteiger partial charge is 0.493 e. The molecule has 0 spiro atoms. The van der Waals surface area contributed by atoms with Crippen LogP contribution in [0, 0.1) is 12.1 Å². The highest BCUT2D eigenvalue weighted by Gasteiger charge is 2.21. The number of hydrogen-bond donors (Lipinski definition) is 1. The second-order valence-electron chi connectivity index (χ2n) is 3.66. The average Bonchev–Trinajstić information content (AvgIpc) is 2.70. The number of ether oxygens (including phenoxy) is 2. The lowest BCUT2D eigenvalue weighted by Gasteiger charge is -2.10. The maximum absolute atomic E-state index is 11.2. The summed E-state index contributed by atoms with van der Waals surface area (Å²) >= 11 is 0. The molecule has 0 aliphatic carbocycles. The fourth-order valence-electron chi connectivity index (χ4n) is 1.64. The minimum absolute atomic E-state index is 0.325. The molecule has 0 saturated heterocycles. The van der Waals surface area contributed by atoms with E-state index in [9.17, 15) is 5.21 Å². The molecule has 2 N–H and O–H groups in total. The van der Waals surface area contributed by atoms with Gasteiger partial charge in [0, 0.05) is 23.8 Å². The van der Waals surface area contributed by atoms with Gasteiger partial charge in [-0.2, -0.15) is 0 Å². The average molecular weight is 251 g/mol. The zero-order chi connectivity index (χ0) is 13.3. The van der Waals surface area contributed by atoms with Gasteiger partial charge in [-0.05, 0) is 11.0 Å². The number of nitrogens with two attached hydrogens (primary N) is 1. The lowest BCUT2D eigenvalue weighted by Crippen LogP contribution is -2.25. The second kappa shape index (κ2) is 4.44. The highest BCUT2D eigenvalue weighted by Crippen LogP contribution is 2.36. The Bertz CT molecular complexity index is 580. The van der Waals surface area contributed by atoms with Gasteiger partial charge in [-0.3, -0.25) is 4.63 Å². The highest BCUT2D eigenvalue weighted by molar-refractivity contribution is 5.78. The van der Waals surface area contributed by atoms with Crippen molar-refractivity contribution in [1.29, 1.82) is 0 Å². The van der Waals surface area contributed by atoms with Crippen LogP contribution >= 0.6 is 0 Å². The van der Waals surface area contributed by atoms with E-state index in [4.69, 9.17) is 15.2 Å². The molecule has 7 nitrogen and oxygen atoms in total. The fourth-order valence-corrected chi connectivity index (χ4v) is 1.64. The minimum Gasteiger partial charge on any atom is -0.493 e. The van der Waals surface area contributed by atoms with Gasteiger partial charge in [-0.1, -0.05) is 0 Å². The Morgan fingerprint density at radius 3 is 2.39 bits per heavy atom. The summed E-state index contributed by atoms with van der Waals surface area (Å²) in [7, 11) is 3.03. The molecule has 0 aliphatic heterocycles. The first-order valence-electron chi connectivity index (χ1n) is 5.16. The molecule has 0 radical (unpaired) electrons. The highest BCUT2D eigenvalue weighted by atomic mass is 16.8. The van der Waals surface area contributed by atoms with E-state index in [1.54, 1.807) is 19.1 Å². The van der Waals surface area contributed by atoms with Gasteiger partial charge < -0.3 is 20.4 Å². The molecule has 2 rings (SSSR count). The molecule has 0 bridgehead atoms. The van der Waals surface area contributed by atoms with Crippen LogP contribution in [0.3, 0.4) is 0 Å². The van der Waals surface area contributed by atoms with Crippen LogP contribution < -0.4 is 20.1 Å². The van der Waals surface area contributed by atoms with Gasteiger partial charge in [-0.25, -0.2) is 0 Å². The van der Waals surface area contributed by atoms with Crippen molar-refractivity contribution >= 4 is 5.69 Å². The predicted molar refractivity (Wildman–Crippen MR) is 63.2 cm³/mol. The van der Waals surface area contributed by atoms with Gasteiger partial charge in [0.2, 0.25) is 5.69 Å². The first kappa shape index (κ1) is 12.0. The summed E-state index contributed by atoms with van der Waals surface area (Å²) < 4.78 is 14.8. The number of nitrogens with zero attached hydrogens (tertiary/aromatic N) is 2. The van der Waals surface area contributed by atoms with Gasteiger partial charge in [0.25, 0.3) is 5.69 Å². The normalized spacial score (nSPS) is 10.4. The Morgan fingerprint density at radius 2 is 1.89 bits per heavy atom. The van der Waals surface area contributed by atoms with Crippen LogP contribution in [0.5, 0.6) is 11.5 Å². The van der Waals surface area contributed by atoms with Crippen molar-refractivity contribution in [2.45, 2.75) is 6.92 Å². The molecule has 0 fully saturated rings. The van der Waals surface area contributed by atoms with E-state index >= 15 is 0 Å². The van der Waals surface area contributed by atoms with Crippen LogP contribution in [-0.2, 0) is 0 Å². The smallest absolute Gasteiger partial charge is 0.253 e. The molecule has 1 aromatic heterocycles. The summed E-state index contributed by atoms with van der Waals surface area (Å²) in [6, 6.07) is 3.26. The van der Waals surface area contributed by atoms with Crippen molar-refractivity contribution < 1.29 is 19.0 Å². The van der Waals surface area contributed by atoms with Gasteiger partial charge in [0.15, 0.2) is 11.5 Å². The molecule has 0 aliphatic rings. The lowest BCUT2D eigenvalue weighted by molar-refractivity contribution is -0.806. The fraction of sp³-hybridized carbons (Fsp3) is 0.273. The van der Waals surface area contributed by atoms with Gasteiger partial charge in [0.1, 0.15) is 0 Å². The van der Waals surface area contributed by atoms with Gasteiger partial charge >= 0.3 is 0 Å². The number of rotatable bonds is 3. The molecule has 0 amide bonds. The molecular weight excluding hydrogens is 238 g/mol. The molecule has 0 atom stereocenters. The number of methoxy groups -OCH3 is 2. The molecule has 96 valence electrons. The van der Waals surface area contributed by atoms with E-state index in [1.165, 1.54) is 14.2 Å². The SMILES string of the molecule is COc1cc(N)c(-c2no[n+]([O-])c2C)cc1OC. The summed E-state index contributed by atoms with van der Waals surface area (Å²) in [5.41, 5.74) is 7.59. The summed E-state index contributed by atoms with van der Waals surface area (Å²) in [6.07, 6.45) is 0. The second-order valence-corrected chi connectivity index (χ2v) is 3.66. The van der Waals surface area contributed by atoms with Crippen molar-refractivity contribution in [2.75, 3.05) is 20.0 Å². The maximum Gasteiger partial charge on any atom is 0.253 e. The van der Waals surface area contributed by atoms with Crippen LogP contribution in [0.4, 0.5) is 5.69 Å². The lowest BCUT2D eigenvalue weighted by atomic mass is 10.1. The quantitative estimate of drug-likeness (QED) is 0.642. The third-order valence-electron chi connectivity index (χ3n) is 2.63. The minimum atomic E-state index is 0.325. The predicted octanol–water partition coefficient (Wildman–Crippen LogP) is 0.883. The summed E-state index contributed by atoms with van der Waals surface area (Å²) in [6.45, 7) is 1.59. The van der Waals surface area contributed by atoms with Gasteiger partial charge in [0.05, 0.1) is 19.8 Å². The van der Waals surface area contributed by atoms with Crippen molar-refractivity contribution in [3.05, 3.63) is 23.0 Å². The van der Waals surface area contributed by atoms with Crippen LogP contribution in [0.25, 0.3) is 11.3 Å². The Labute approximate surface area is 103 Å². The zero-order valence-corrected chi connectivity index (χ0v) is 10.3. The third kappa shape index (κ3) is 1.79. The molecule has 0 unspecified atom stereocenters. The molecule has 1 aromatic carbocycles. The zero-order valence-electron chi connectivity index (χ0n) is 10.3. The van der Waals surface area contributed by atoms with E-state index in [0.717, 1.165) is 0 Å². The Hall–Kier alpha value is -2.44. The number of aromatic nitrogens is 2. The van der Waals surface area contributed by atoms with Crippen LogP contribution in [0.1, 0.15) is 5.69 Å². The van der Waals surface area contributed by atoms with Crippen molar-refractivity contribution in [2.24, 2.45) is 0 Å². The Kier molecular flexibility index (Phi) is 2.97. The summed E-state index contributed by atoms with van der Waals surface area (Å²) in [4.78, 5) is 0.325. The van der Waals surface area contributed by atoms with Crippen LogP contribution in [0.15, 0.2) is 16.8 Å². The standard InChI is InChI=1S/C11H13N3O4/c1-6-11(13-18-14(6)15)7-4-9(16-2)10(17-3)5-8(7)12/h4-5H,12H2,1-3H3. The van der Waals surface area contributed by atoms with Crippen molar-refractivity contribution in [3.63, 3.8) is 0 Å². The van der Waals surface area contributed by atoms with E-state index in [2.05, 4.69) is 9.79 Å². The topological polar surface area (TPSA) is 97.5 Å². The number of anilines is 1. The number of benzene rings is 1.